The van der Waals surface area contributed by atoms with Crippen LogP contribution in [0, 0.1) is 20.8 Å². The summed E-state index contributed by atoms with van der Waals surface area (Å²) >= 11 is 1.28. The smallest absolute Gasteiger partial charge is 0.237 e. The first-order valence-corrected chi connectivity index (χ1v) is 7.49. The second-order valence-corrected chi connectivity index (χ2v) is 6.20. The number of nitrogens with two attached hydrogens (primary N) is 1. The van der Waals surface area contributed by atoms with Gasteiger partial charge in [0.1, 0.15) is 5.82 Å². The summed E-state index contributed by atoms with van der Waals surface area (Å²) in [5, 5.41) is 11.0. The number of aromatic nitrogens is 3. The molecule has 1 atom stereocenters. The summed E-state index contributed by atoms with van der Waals surface area (Å²) in [5.41, 5.74) is 3.05. The molecule has 1 unspecified atom stereocenters. The highest BCUT2D eigenvalue weighted by Crippen LogP contribution is 2.23. The van der Waals surface area contributed by atoms with Gasteiger partial charge in [-0.1, -0.05) is 23.9 Å². The van der Waals surface area contributed by atoms with Crippen LogP contribution in [0.4, 0.5) is 5.69 Å². The molecule has 0 bridgehead atoms. The molecular formula is C14H19N5OS. The van der Waals surface area contributed by atoms with Crippen LogP contribution >= 0.6 is 11.8 Å². The Balaban J connectivity index is 2.06. The van der Waals surface area contributed by atoms with Crippen molar-refractivity contribution in [3.8, 4) is 0 Å². The first kappa shape index (κ1) is 15.4. The van der Waals surface area contributed by atoms with Gasteiger partial charge in [0.05, 0.1) is 5.25 Å². The molecule has 0 saturated carbocycles. The second-order valence-electron chi connectivity index (χ2n) is 4.90. The minimum absolute atomic E-state index is 0.0886. The number of thioether (sulfide) groups is 1. The molecule has 2 rings (SSSR count). The van der Waals surface area contributed by atoms with Crippen molar-refractivity contribution in [2.24, 2.45) is 0 Å². The molecule has 0 aliphatic heterocycles. The summed E-state index contributed by atoms with van der Waals surface area (Å²) in [5.74, 6) is 6.31. The highest BCUT2D eigenvalue weighted by atomic mass is 32.2. The Kier molecular flexibility index (Phi) is 4.52. The highest BCUT2D eigenvalue weighted by Gasteiger charge is 2.19. The van der Waals surface area contributed by atoms with Crippen molar-refractivity contribution < 1.29 is 4.79 Å². The third-order valence-electron chi connectivity index (χ3n) is 3.35. The van der Waals surface area contributed by atoms with Gasteiger partial charge in [0, 0.05) is 5.69 Å². The van der Waals surface area contributed by atoms with Crippen LogP contribution in [0.3, 0.4) is 0 Å². The SMILES string of the molecule is Cc1cccc(NC(=O)C(C)Sc2nnc(C)n2N)c1C. The summed E-state index contributed by atoms with van der Waals surface area (Å²) in [6, 6.07) is 5.84. The summed E-state index contributed by atoms with van der Waals surface area (Å²) < 4.78 is 1.38. The summed E-state index contributed by atoms with van der Waals surface area (Å²) in [4.78, 5) is 12.3. The zero-order chi connectivity index (χ0) is 15.6. The van der Waals surface area contributed by atoms with Crippen molar-refractivity contribution in [3.05, 3.63) is 35.2 Å². The van der Waals surface area contributed by atoms with E-state index in [2.05, 4.69) is 15.5 Å². The number of carbonyl (C=O) groups is 1. The number of nitrogens with one attached hydrogen (secondary N) is 1. The Morgan fingerprint density at radius 2 is 2.05 bits per heavy atom. The lowest BCUT2D eigenvalue weighted by molar-refractivity contribution is -0.115. The van der Waals surface area contributed by atoms with Gasteiger partial charge >= 0.3 is 0 Å². The minimum atomic E-state index is -0.323. The van der Waals surface area contributed by atoms with Gasteiger partial charge in [0.15, 0.2) is 0 Å². The zero-order valence-corrected chi connectivity index (χ0v) is 13.4. The minimum Gasteiger partial charge on any atom is -0.336 e. The zero-order valence-electron chi connectivity index (χ0n) is 12.5. The molecule has 0 aliphatic rings. The number of amides is 1. The van der Waals surface area contributed by atoms with E-state index < -0.39 is 0 Å². The quantitative estimate of drug-likeness (QED) is 0.667. The fraction of sp³-hybridized carbons (Fsp3) is 0.357. The van der Waals surface area contributed by atoms with Crippen molar-refractivity contribution in [3.63, 3.8) is 0 Å². The van der Waals surface area contributed by atoms with Crippen molar-refractivity contribution in [2.75, 3.05) is 11.2 Å². The molecule has 1 amide bonds. The number of nitrogens with zero attached hydrogens (tertiary/aromatic N) is 3. The van der Waals surface area contributed by atoms with Crippen LogP contribution in [-0.2, 0) is 4.79 Å². The average Bonchev–Trinajstić information content (AvgIpc) is 2.75. The Bertz CT molecular complexity index is 667. The molecule has 0 aliphatic carbocycles. The average molecular weight is 305 g/mol. The van der Waals surface area contributed by atoms with E-state index in [4.69, 9.17) is 5.84 Å². The number of rotatable bonds is 4. The predicted octanol–water partition coefficient (Wildman–Crippen LogP) is 2.04. The van der Waals surface area contributed by atoms with E-state index in [0.29, 0.717) is 11.0 Å². The number of anilines is 1. The maximum Gasteiger partial charge on any atom is 0.237 e. The molecule has 6 nitrogen and oxygen atoms in total. The van der Waals surface area contributed by atoms with Crippen molar-refractivity contribution in [1.29, 1.82) is 0 Å². The van der Waals surface area contributed by atoms with Crippen LogP contribution in [0.1, 0.15) is 23.9 Å². The first-order valence-electron chi connectivity index (χ1n) is 6.61. The standard InChI is InChI=1S/C14H19N5OS/c1-8-6-5-7-12(9(8)2)16-13(20)10(3)21-14-18-17-11(4)19(14)15/h5-7,10H,15H2,1-4H3,(H,16,20). The number of benzene rings is 1. The molecule has 1 aromatic heterocycles. The normalized spacial score (nSPS) is 12.2. The van der Waals surface area contributed by atoms with Crippen LogP contribution < -0.4 is 11.2 Å². The fourth-order valence-electron chi connectivity index (χ4n) is 1.76. The van der Waals surface area contributed by atoms with Gasteiger partial charge in [-0.25, -0.2) is 4.68 Å². The van der Waals surface area contributed by atoms with Crippen molar-refractivity contribution >= 4 is 23.4 Å². The predicted molar refractivity (Wildman–Crippen MR) is 84.8 cm³/mol. The number of hydrogen-bond donors (Lipinski definition) is 2. The topological polar surface area (TPSA) is 85.8 Å². The Morgan fingerprint density at radius 1 is 1.33 bits per heavy atom. The molecular weight excluding hydrogens is 286 g/mol. The Labute approximate surface area is 128 Å². The maximum atomic E-state index is 12.3. The van der Waals surface area contributed by atoms with Gasteiger partial charge in [0.2, 0.25) is 11.1 Å². The molecule has 7 heteroatoms. The molecule has 3 N–H and O–H groups in total. The van der Waals surface area contributed by atoms with Gasteiger partial charge in [0.25, 0.3) is 0 Å². The van der Waals surface area contributed by atoms with E-state index in [9.17, 15) is 4.79 Å². The number of nitrogen functional groups attached to an aromatic ring is 1. The molecule has 1 aromatic carbocycles. The molecule has 0 saturated heterocycles. The highest BCUT2D eigenvalue weighted by molar-refractivity contribution is 8.00. The number of carbonyl (C=O) groups excluding carboxylic acids is 1. The number of hydrogen-bond acceptors (Lipinski definition) is 5. The van der Waals surface area contributed by atoms with Crippen molar-refractivity contribution in [1.82, 2.24) is 14.9 Å². The third-order valence-corrected chi connectivity index (χ3v) is 4.41. The molecule has 21 heavy (non-hydrogen) atoms. The van der Waals surface area contributed by atoms with Gasteiger partial charge in [-0.3, -0.25) is 4.79 Å². The van der Waals surface area contributed by atoms with E-state index in [-0.39, 0.29) is 11.2 Å². The van der Waals surface area contributed by atoms with Gasteiger partial charge in [-0.05, 0) is 44.9 Å². The molecule has 0 spiro atoms. The van der Waals surface area contributed by atoms with E-state index in [1.807, 2.05) is 39.0 Å². The summed E-state index contributed by atoms with van der Waals surface area (Å²) in [6.45, 7) is 7.58. The number of aryl methyl sites for hydroxylation is 2. The molecule has 1 heterocycles. The molecule has 2 aromatic rings. The first-order chi connectivity index (χ1) is 9.90. The summed E-state index contributed by atoms with van der Waals surface area (Å²) in [7, 11) is 0. The maximum absolute atomic E-state index is 12.3. The van der Waals surface area contributed by atoms with Crippen LogP contribution in [0.2, 0.25) is 0 Å². The molecule has 0 radical (unpaired) electrons. The molecule has 0 fully saturated rings. The van der Waals surface area contributed by atoms with Gasteiger partial charge < -0.3 is 11.2 Å². The van der Waals surface area contributed by atoms with E-state index >= 15 is 0 Å². The summed E-state index contributed by atoms with van der Waals surface area (Å²) in [6.07, 6.45) is 0. The van der Waals surface area contributed by atoms with Crippen LogP contribution in [0.15, 0.2) is 23.4 Å². The van der Waals surface area contributed by atoms with E-state index in [1.54, 1.807) is 6.92 Å². The van der Waals surface area contributed by atoms with E-state index in [1.165, 1.54) is 16.4 Å². The van der Waals surface area contributed by atoms with Crippen LogP contribution in [0.25, 0.3) is 0 Å². The van der Waals surface area contributed by atoms with Gasteiger partial charge in [-0.15, -0.1) is 10.2 Å². The van der Waals surface area contributed by atoms with Crippen LogP contribution in [0.5, 0.6) is 0 Å². The van der Waals surface area contributed by atoms with Crippen molar-refractivity contribution in [2.45, 2.75) is 38.1 Å². The third kappa shape index (κ3) is 3.36. The lowest BCUT2D eigenvalue weighted by atomic mass is 10.1. The Hall–Kier alpha value is -2.02. The van der Waals surface area contributed by atoms with Crippen LogP contribution in [-0.4, -0.2) is 26.0 Å². The Morgan fingerprint density at radius 3 is 2.67 bits per heavy atom. The fourth-order valence-corrected chi connectivity index (χ4v) is 2.58. The van der Waals surface area contributed by atoms with E-state index in [0.717, 1.165) is 16.8 Å². The largest absolute Gasteiger partial charge is 0.336 e. The molecule has 112 valence electrons. The lowest BCUT2D eigenvalue weighted by Crippen LogP contribution is -2.24. The second kappa shape index (κ2) is 6.17. The monoisotopic (exact) mass is 305 g/mol. The van der Waals surface area contributed by atoms with Gasteiger partial charge in [-0.2, -0.15) is 0 Å². The lowest BCUT2D eigenvalue weighted by Gasteiger charge is -2.14.